The molecule has 9 aromatic rings. The van der Waals surface area contributed by atoms with Crippen molar-refractivity contribution in [3.63, 3.8) is 0 Å². The predicted molar refractivity (Wildman–Crippen MR) is 278 cm³/mol. The first kappa shape index (κ1) is 48.2. The van der Waals surface area contributed by atoms with E-state index in [0.717, 1.165) is 58.0 Å². The Balaban J connectivity index is 0.000000162. The van der Waals surface area contributed by atoms with E-state index < -0.39 is 8.07 Å². The summed E-state index contributed by atoms with van der Waals surface area (Å²) in [5.41, 5.74) is 15.0. The maximum absolute atomic E-state index is 6.45. The van der Waals surface area contributed by atoms with Gasteiger partial charge in [0.25, 0.3) is 0 Å². The molecule has 0 aliphatic heterocycles. The molecule has 10 rings (SSSR count). The summed E-state index contributed by atoms with van der Waals surface area (Å²) in [5.74, 6) is 1.36. The molecule has 337 valence electrons. The molecule has 66 heavy (non-hydrogen) atoms. The molecule has 6 heteroatoms. The third-order valence-corrected chi connectivity index (χ3v) is 14.7. The molecule has 1 saturated carbocycles. The van der Waals surface area contributed by atoms with Gasteiger partial charge in [0.15, 0.2) is 0 Å². The van der Waals surface area contributed by atoms with Gasteiger partial charge in [0.2, 0.25) is 0 Å². The van der Waals surface area contributed by atoms with Crippen LogP contribution in [0, 0.1) is 5.92 Å². The second-order valence-electron chi connectivity index (χ2n) is 18.8. The first-order chi connectivity index (χ1) is 31.7. The van der Waals surface area contributed by atoms with Crippen molar-refractivity contribution in [2.45, 2.75) is 91.3 Å². The van der Waals surface area contributed by atoms with Gasteiger partial charge >= 0.3 is 0 Å². The summed E-state index contributed by atoms with van der Waals surface area (Å²) in [6, 6.07) is 55.0. The van der Waals surface area contributed by atoms with E-state index in [1.54, 1.807) is 0 Å². The first-order valence-electron chi connectivity index (χ1n) is 23.7. The fraction of sp³-hybridized carbons (Fsp3) is 0.250. The van der Waals surface area contributed by atoms with Gasteiger partial charge in [0, 0.05) is 66.2 Å². The number of pyridine rings is 3. The smallest absolute Gasteiger partial charge is 0.145 e. The summed E-state index contributed by atoms with van der Waals surface area (Å²) in [4.78, 5) is 13.8. The Labute approximate surface area is 407 Å². The maximum atomic E-state index is 6.45. The minimum absolute atomic E-state index is 0. The van der Waals surface area contributed by atoms with E-state index in [2.05, 4.69) is 179 Å². The zero-order valence-corrected chi connectivity index (χ0v) is 42.8. The summed E-state index contributed by atoms with van der Waals surface area (Å²) in [6.07, 6.45) is 15.0. The Kier molecular flexibility index (Phi) is 16.5. The van der Waals surface area contributed by atoms with Crippen molar-refractivity contribution >= 4 is 35.2 Å². The standard InChI is InChI=1S/C30H27NO.C17H23NSi.C13H13N.Ir/c1-3-9-21(10-4-1)19-22-17-18-31-27(20-22)25-16-15-24(23-11-5-2-6-12-23)29-26-13-7-8-14-28(26)32-30(25)29;1-13(2)15-11-16(14-9-7-6-8-10-14)18-12-17(15)19(3,4)5;1-2-11-8-9-14-13(10-11)12-6-4-3-5-7-12;/h2,5-8,11-18,20-21H,1,3-4,9-10,19H2;6-13H,1-5H3;3-10H,2H2,1H3;. The number of aromatic nitrogens is 3. The molecule has 4 heterocycles. The first-order valence-corrected chi connectivity index (χ1v) is 27.2. The van der Waals surface area contributed by atoms with Crippen molar-refractivity contribution < 1.29 is 24.5 Å². The Morgan fingerprint density at radius 1 is 0.576 bits per heavy atom. The monoisotopic (exact) mass is 1060 g/mol. The van der Waals surface area contributed by atoms with E-state index in [0.29, 0.717) is 5.92 Å². The molecular weight excluding hydrogens is 999 g/mol. The number of benzene rings is 5. The van der Waals surface area contributed by atoms with Crippen molar-refractivity contribution in [1.82, 2.24) is 15.0 Å². The van der Waals surface area contributed by atoms with Crippen LogP contribution in [0.1, 0.15) is 75.5 Å². The van der Waals surface area contributed by atoms with E-state index >= 15 is 0 Å². The van der Waals surface area contributed by atoms with Crippen LogP contribution in [0.15, 0.2) is 181 Å². The average molecular weight is 1060 g/mol. The summed E-state index contributed by atoms with van der Waals surface area (Å²) < 4.78 is 6.45. The summed E-state index contributed by atoms with van der Waals surface area (Å²) in [5, 5.41) is 3.81. The van der Waals surface area contributed by atoms with Gasteiger partial charge in [-0.25, -0.2) is 0 Å². The number of hydrogen-bond donors (Lipinski definition) is 0. The molecule has 0 bridgehead atoms. The number of furan rings is 1. The van der Waals surface area contributed by atoms with E-state index in [1.807, 2.05) is 42.7 Å². The molecule has 4 nitrogen and oxygen atoms in total. The van der Waals surface area contributed by atoms with Gasteiger partial charge in [-0.2, -0.15) is 0 Å². The zero-order valence-electron chi connectivity index (χ0n) is 39.4. The molecule has 0 spiro atoms. The van der Waals surface area contributed by atoms with Gasteiger partial charge in [0.1, 0.15) is 11.2 Å². The minimum atomic E-state index is -1.33. The molecule has 0 saturated heterocycles. The Hall–Kier alpha value is -5.78. The van der Waals surface area contributed by atoms with Crippen molar-refractivity contribution in [2.24, 2.45) is 5.92 Å². The quantitative estimate of drug-likeness (QED) is 0.135. The van der Waals surface area contributed by atoms with Crippen LogP contribution < -0.4 is 5.19 Å². The third kappa shape index (κ3) is 11.8. The number of aryl methyl sites for hydroxylation is 1. The molecule has 0 amide bonds. The van der Waals surface area contributed by atoms with Crippen LogP contribution in [0.25, 0.3) is 66.8 Å². The number of fused-ring (bicyclic) bond motifs is 3. The largest absolute Gasteiger partial charge is 0.455 e. The Morgan fingerprint density at radius 2 is 1.12 bits per heavy atom. The molecule has 5 aromatic carbocycles. The van der Waals surface area contributed by atoms with Crippen LogP contribution in [0.5, 0.6) is 0 Å². The van der Waals surface area contributed by atoms with E-state index in [4.69, 9.17) is 14.4 Å². The number of para-hydroxylation sites is 1. The second-order valence-corrected chi connectivity index (χ2v) is 23.8. The zero-order chi connectivity index (χ0) is 45.2. The summed E-state index contributed by atoms with van der Waals surface area (Å²) >= 11 is 0. The molecule has 4 aromatic heterocycles. The van der Waals surface area contributed by atoms with Crippen LogP contribution in [0.2, 0.25) is 19.6 Å². The predicted octanol–water partition coefficient (Wildman–Crippen LogP) is 16.2. The topological polar surface area (TPSA) is 51.8 Å². The van der Waals surface area contributed by atoms with Gasteiger partial charge in [-0.05, 0) is 100 Å². The van der Waals surface area contributed by atoms with Gasteiger partial charge in [-0.3, -0.25) is 15.0 Å². The maximum Gasteiger partial charge on any atom is 0.145 e. The Morgan fingerprint density at radius 3 is 1.74 bits per heavy atom. The number of hydrogen-bond acceptors (Lipinski definition) is 4. The molecule has 1 fully saturated rings. The average Bonchev–Trinajstić information content (AvgIpc) is 3.75. The summed E-state index contributed by atoms with van der Waals surface area (Å²) in [6.45, 7) is 13.9. The van der Waals surface area contributed by atoms with Crippen LogP contribution >= 0.6 is 0 Å². The molecule has 0 atom stereocenters. The van der Waals surface area contributed by atoms with Gasteiger partial charge in [-0.1, -0.05) is 188 Å². The van der Waals surface area contributed by atoms with Crippen molar-refractivity contribution in [2.75, 3.05) is 0 Å². The summed E-state index contributed by atoms with van der Waals surface area (Å²) in [7, 11) is -1.33. The SMILES string of the molecule is CC(C)c1cc(-c2ccccc2)ncc1[Si](C)(C)C.CCc1ccnc(-c2ccccc2)c1.[Ir].c1ccc(-c2ccc(-c3cc(CC4CCCCC4)ccn3)c3oc4ccccc4c23)cc1. The van der Waals surface area contributed by atoms with Gasteiger partial charge < -0.3 is 4.42 Å². The molecule has 0 N–H and O–H groups in total. The van der Waals surface area contributed by atoms with E-state index in [-0.39, 0.29) is 20.1 Å². The van der Waals surface area contributed by atoms with Gasteiger partial charge in [-0.15, -0.1) is 0 Å². The molecule has 1 radical (unpaired) electrons. The fourth-order valence-electron chi connectivity index (χ4n) is 9.16. The van der Waals surface area contributed by atoms with Crippen molar-refractivity contribution in [1.29, 1.82) is 0 Å². The van der Waals surface area contributed by atoms with E-state index in [9.17, 15) is 0 Å². The van der Waals surface area contributed by atoms with Crippen LogP contribution in [0.3, 0.4) is 0 Å². The molecular formula is C60H63IrN3OSi. The fourth-order valence-corrected chi connectivity index (χ4v) is 10.8. The molecule has 0 unspecified atom stereocenters. The third-order valence-electron chi connectivity index (χ3n) is 12.7. The van der Waals surface area contributed by atoms with Crippen LogP contribution in [-0.4, -0.2) is 23.0 Å². The molecule has 1 aliphatic rings. The minimum Gasteiger partial charge on any atom is -0.455 e. The van der Waals surface area contributed by atoms with Crippen LogP contribution in [0.4, 0.5) is 0 Å². The number of nitrogens with zero attached hydrogens (tertiary/aromatic N) is 3. The van der Waals surface area contributed by atoms with Crippen molar-refractivity contribution in [3.05, 3.63) is 193 Å². The van der Waals surface area contributed by atoms with Crippen LogP contribution in [-0.2, 0) is 32.9 Å². The molecule has 1 aliphatic carbocycles. The van der Waals surface area contributed by atoms with E-state index in [1.165, 1.54) is 81.6 Å². The second kappa shape index (κ2) is 22.6. The Bertz CT molecular complexity index is 2940. The number of rotatable bonds is 9. The normalized spacial score (nSPS) is 12.8. The van der Waals surface area contributed by atoms with Gasteiger partial charge in [0.05, 0.1) is 25.2 Å². The van der Waals surface area contributed by atoms with Crippen molar-refractivity contribution in [3.8, 4) is 44.9 Å².